The predicted octanol–water partition coefficient (Wildman–Crippen LogP) is 3.40. The van der Waals surface area contributed by atoms with Crippen LogP contribution >= 0.6 is 0 Å². The van der Waals surface area contributed by atoms with Crippen LogP contribution in [0.25, 0.3) is 5.65 Å². The van der Waals surface area contributed by atoms with Crippen molar-refractivity contribution in [3.63, 3.8) is 0 Å². The lowest BCUT2D eigenvalue weighted by Crippen LogP contribution is -2.56. The van der Waals surface area contributed by atoms with Gasteiger partial charge in [0.1, 0.15) is 5.69 Å². The number of urea groups is 1. The average molecular weight is 537 g/mol. The lowest BCUT2D eigenvalue weighted by molar-refractivity contribution is -0.0495. The molecule has 38 heavy (non-hydrogen) atoms. The zero-order chi connectivity index (χ0) is 27.1. The molecule has 1 saturated heterocycles. The van der Waals surface area contributed by atoms with Crippen molar-refractivity contribution in [1.82, 2.24) is 39.9 Å². The van der Waals surface area contributed by atoms with Gasteiger partial charge in [-0.25, -0.2) is 31.9 Å². The number of amides is 3. The van der Waals surface area contributed by atoms with Gasteiger partial charge in [0, 0.05) is 32.1 Å². The van der Waals surface area contributed by atoms with Gasteiger partial charge in [0.05, 0.1) is 37.2 Å². The molecule has 1 saturated carbocycles. The van der Waals surface area contributed by atoms with Crippen LogP contribution in [0.2, 0.25) is 0 Å². The van der Waals surface area contributed by atoms with Crippen LogP contribution in [0.15, 0.2) is 30.7 Å². The molecule has 0 radical (unpaired) electrons. The molecule has 1 atom stereocenters. The molecule has 2 N–H and O–H groups in total. The molecule has 0 bridgehead atoms. The number of nitrogens with zero attached hydrogens (tertiary/aromatic N) is 6. The molecule has 0 spiro atoms. The highest BCUT2D eigenvalue weighted by Gasteiger charge is 2.40. The zero-order valence-electron chi connectivity index (χ0n) is 20.7. The molecule has 14 heteroatoms. The fourth-order valence-electron chi connectivity index (χ4n) is 5.06. The third-order valence-electron chi connectivity index (χ3n) is 7.06. The van der Waals surface area contributed by atoms with Crippen LogP contribution in [-0.4, -0.2) is 66.2 Å². The zero-order valence-corrected chi connectivity index (χ0v) is 20.7. The minimum absolute atomic E-state index is 0.0913. The van der Waals surface area contributed by atoms with E-state index < -0.39 is 42.9 Å². The van der Waals surface area contributed by atoms with Gasteiger partial charge in [-0.15, -0.1) is 0 Å². The van der Waals surface area contributed by atoms with Gasteiger partial charge in [0.15, 0.2) is 5.65 Å². The Bertz CT molecular complexity index is 1330. The Labute approximate surface area is 215 Å². The van der Waals surface area contributed by atoms with Crippen molar-refractivity contribution in [3.8, 4) is 0 Å². The number of hydrogen-bond acceptors (Lipinski definition) is 5. The molecule has 1 aliphatic heterocycles. The Morgan fingerprint density at radius 2 is 1.97 bits per heavy atom. The van der Waals surface area contributed by atoms with Crippen LogP contribution < -0.4 is 10.6 Å². The highest BCUT2D eigenvalue weighted by molar-refractivity contribution is 5.92. The first-order valence-electron chi connectivity index (χ1n) is 12.5. The van der Waals surface area contributed by atoms with Crippen molar-refractivity contribution in [2.45, 2.75) is 63.6 Å². The highest BCUT2D eigenvalue weighted by atomic mass is 19.3. The number of halogens is 4. The van der Waals surface area contributed by atoms with Gasteiger partial charge in [0.2, 0.25) is 5.92 Å². The summed E-state index contributed by atoms with van der Waals surface area (Å²) in [6.45, 7) is 0.829. The summed E-state index contributed by atoms with van der Waals surface area (Å²) in [4.78, 5) is 30.8. The fraction of sp³-hybridized carbons (Fsp3) is 0.542. The van der Waals surface area contributed by atoms with Crippen LogP contribution in [0.3, 0.4) is 0 Å². The summed E-state index contributed by atoms with van der Waals surface area (Å²) in [5.41, 5.74) is 1.66. The first-order valence-corrected chi connectivity index (χ1v) is 12.5. The van der Waals surface area contributed by atoms with Crippen LogP contribution in [-0.2, 0) is 13.1 Å². The minimum Gasteiger partial charge on any atom is -0.342 e. The third-order valence-corrected chi connectivity index (χ3v) is 7.06. The topological polar surface area (TPSA) is 109 Å². The largest absolute Gasteiger partial charge is 0.342 e. The van der Waals surface area contributed by atoms with E-state index in [4.69, 9.17) is 0 Å². The summed E-state index contributed by atoms with van der Waals surface area (Å²) >= 11 is 0. The predicted molar refractivity (Wildman–Crippen MR) is 127 cm³/mol. The average Bonchev–Trinajstić information content (AvgIpc) is 3.51. The van der Waals surface area contributed by atoms with E-state index in [2.05, 4.69) is 25.8 Å². The van der Waals surface area contributed by atoms with E-state index >= 15 is 0 Å². The second-order valence-electron chi connectivity index (χ2n) is 9.88. The van der Waals surface area contributed by atoms with Crippen molar-refractivity contribution >= 4 is 17.6 Å². The van der Waals surface area contributed by atoms with Crippen LogP contribution in [0.1, 0.15) is 60.4 Å². The molecule has 3 amide bonds. The SMILES string of the molecule is CCn1nccc1C(=O)N[C@H](c1cn2ncc(CN3CC(F)(F)CNC3=O)cc2n1)C1CCC(F)(F)CC1. The summed E-state index contributed by atoms with van der Waals surface area (Å²) in [5, 5.41) is 13.6. The standard InChI is InChI=1S/C24H28F4N8O2/c1-2-35-18(5-8-30-35)21(37)33-20(16-3-6-23(25,26)7-4-16)17-12-36-19(32-17)9-15(10-31-36)11-34-14-24(27,28)13-29-22(34)38/h5,8-10,12,16,20H,2-4,6-7,11,13-14H2,1H3,(H,29,38)(H,33,37)/t20-/m0/s1. The van der Waals surface area contributed by atoms with Crippen LogP contribution in [0.4, 0.5) is 22.4 Å². The van der Waals surface area contributed by atoms with Gasteiger partial charge in [-0.3, -0.25) is 9.48 Å². The van der Waals surface area contributed by atoms with Crippen molar-refractivity contribution in [2.24, 2.45) is 5.92 Å². The first-order chi connectivity index (χ1) is 18.0. The molecule has 4 heterocycles. The normalized spacial score (nSPS) is 20.3. The molecule has 3 aromatic rings. The Kier molecular flexibility index (Phi) is 6.73. The summed E-state index contributed by atoms with van der Waals surface area (Å²) in [6.07, 6.45) is 4.43. The van der Waals surface area contributed by atoms with E-state index in [0.717, 1.165) is 4.90 Å². The molecule has 2 fully saturated rings. The van der Waals surface area contributed by atoms with Gasteiger partial charge in [-0.2, -0.15) is 10.2 Å². The van der Waals surface area contributed by atoms with Crippen LogP contribution in [0.5, 0.6) is 0 Å². The monoisotopic (exact) mass is 536 g/mol. The molecule has 0 aromatic carbocycles. The maximum atomic E-state index is 13.9. The second-order valence-corrected chi connectivity index (χ2v) is 9.88. The second kappa shape index (κ2) is 9.87. The Morgan fingerprint density at radius 3 is 2.71 bits per heavy atom. The number of aryl methyl sites for hydroxylation is 1. The van der Waals surface area contributed by atoms with E-state index in [-0.39, 0.29) is 38.1 Å². The number of carbonyl (C=O) groups is 2. The molecule has 5 rings (SSSR count). The molecule has 3 aromatic heterocycles. The Morgan fingerprint density at radius 1 is 1.21 bits per heavy atom. The molecular formula is C24H28F4N8O2. The first kappa shape index (κ1) is 25.9. The summed E-state index contributed by atoms with van der Waals surface area (Å²) in [5.74, 6) is -6.45. The molecule has 1 aliphatic carbocycles. The van der Waals surface area contributed by atoms with Crippen molar-refractivity contribution in [1.29, 1.82) is 0 Å². The molecule has 10 nitrogen and oxygen atoms in total. The lowest BCUT2D eigenvalue weighted by Gasteiger charge is -2.33. The summed E-state index contributed by atoms with van der Waals surface area (Å²) in [6, 6.07) is 1.96. The van der Waals surface area contributed by atoms with Crippen molar-refractivity contribution in [3.05, 3.63) is 47.7 Å². The number of imidazole rings is 1. The third kappa shape index (κ3) is 5.43. The quantitative estimate of drug-likeness (QED) is 0.450. The van der Waals surface area contributed by atoms with E-state index in [1.807, 2.05) is 6.92 Å². The van der Waals surface area contributed by atoms with Gasteiger partial charge < -0.3 is 15.5 Å². The fourth-order valence-corrected chi connectivity index (χ4v) is 5.06. The van der Waals surface area contributed by atoms with Gasteiger partial charge in [-0.05, 0) is 43.4 Å². The smallest absolute Gasteiger partial charge is 0.318 e. The maximum absolute atomic E-state index is 13.9. The highest BCUT2D eigenvalue weighted by Crippen LogP contribution is 2.41. The number of nitrogens with one attached hydrogen (secondary N) is 2. The Hall–Kier alpha value is -3.71. The van der Waals surface area contributed by atoms with Crippen LogP contribution in [0, 0.1) is 5.92 Å². The number of rotatable bonds is 7. The molecule has 0 unspecified atom stereocenters. The summed E-state index contributed by atoms with van der Waals surface area (Å²) in [7, 11) is 0. The number of aromatic nitrogens is 5. The lowest BCUT2D eigenvalue weighted by atomic mass is 9.81. The molecular weight excluding hydrogens is 508 g/mol. The molecule has 204 valence electrons. The van der Waals surface area contributed by atoms with Gasteiger partial charge >= 0.3 is 6.03 Å². The van der Waals surface area contributed by atoms with Crippen molar-refractivity contribution in [2.75, 3.05) is 13.1 Å². The number of fused-ring (bicyclic) bond motifs is 1. The molecule has 2 aliphatic rings. The van der Waals surface area contributed by atoms with E-state index in [1.54, 1.807) is 23.0 Å². The van der Waals surface area contributed by atoms with Crippen molar-refractivity contribution < 1.29 is 27.2 Å². The minimum atomic E-state index is -3.04. The van der Waals surface area contributed by atoms with E-state index in [9.17, 15) is 27.2 Å². The number of carbonyl (C=O) groups excluding carboxylic acids is 2. The Balaban J connectivity index is 1.41. The number of hydrogen-bond donors (Lipinski definition) is 2. The van der Waals surface area contributed by atoms with E-state index in [1.165, 1.54) is 16.9 Å². The van der Waals surface area contributed by atoms with Gasteiger partial charge in [-0.1, -0.05) is 0 Å². The van der Waals surface area contributed by atoms with Gasteiger partial charge in [0.25, 0.3) is 11.8 Å². The van der Waals surface area contributed by atoms with E-state index in [0.29, 0.717) is 29.1 Å². The summed E-state index contributed by atoms with van der Waals surface area (Å²) < 4.78 is 58.4. The maximum Gasteiger partial charge on any atom is 0.318 e. The number of alkyl halides is 4.